The first-order valence-corrected chi connectivity index (χ1v) is 5.98. The zero-order chi connectivity index (χ0) is 16.8. The molecule has 120 valence electrons. The van der Waals surface area contributed by atoms with Crippen molar-refractivity contribution in [2.45, 2.75) is 24.1 Å². The van der Waals surface area contributed by atoms with Gasteiger partial charge in [-0.05, 0) is 16.3 Å². The van der Waals surface area contributed by atoms with E-state index in [9.17, 15) is 35.8 Å². The zero-order valence-corrected chi connectivity index (χ0v) is 10.7. The van der Waals surface area contributed by atoms with Gasteiger partial charge in [-0.25, -0.2) is 0 Å². The summed E-state index contributed by atoms with van der Waals surface area (Å²) in [5.74, 6) is -12.1. The molecule has 2 rings (SSSR count). The van der Waals surface area contributed by atoms with Gasteiger partial charge in [0.15, 0.2) is 0 Å². The molecule has 0 spiro atoms. The third-order valence-corrected chi connectivity index (χ3v) is 3.24. The van der Waals surface area contributed by atoms with Crippen LogP contribution in [0.1, 0.15) is 11.7 Å². The van der Waals surface area contributed by atoms with Gasteiger partial charge < -0.3 is 5.11 Å². The molecule has 0 heterocycles. The molecule has 8 heteroatoms. The van der Waals surface area contributed by atoms with Gasteiger partial charge in [0.25, 0.3) is 0 Å². The minimum Gasteiger partial charge on any atom is -0.382 e. The first-order chi connectivity index (χ1) is 10.00. The van der Waals surface area contributed by atoms with Crippen LogP contribution in [-0.2, 0) is 0 Å². The van der Waals surface area contributed by atoms with Crippen LogP contribution < -0.4 is 0 Å². The predicted molar refractivity (Wildman–Crippen MR) is 64.9 cm³/mol. The second-order valence-electron chi connectivity index (χ2n) is 4.67. The summed E-state index contributed by atoms with van der Waals surface area (Å²) in [6, 6.07) is 9.13. The van der Waals surface area contributed by atoms with Crippen molar-refractivity contribution in [3.63, 3.8) is 0 Å². The predicted octanol–water partition coefficient (Wildman–Crippen LogP) is 4.71. The molecule has 1 unspecified atom stereocenters. The number of hydrogen-bond donors (Lipinski definition) is 1. The monoisotopic (exact) mass is 326 g/mol. The molecule has 1 N–H and O–H groups in total. The maximum Gasteiger partial charge on any atom is 0.459 e. The third-order valence-electron chi connectivity index (χ3n) is 3.24. The van der Waals surface area contributed by atoms with Crippen LogP contribution in [0, 0.1) is 0 Å². The number of halogens is 7. The maximum absolute atomic E-state index is 13.6. The summed E-state index contributed by atoms with van der Waals surface area (Å²) in [6.07, 6.45) is -9.79. The molecule has 0 aliphatic heterocycles. The molecule has 0 saturated carbocycles. The van der Waals surface area contributed by atoms with Crippen molar-refractivity contribution in [3.05, 3.63) is 48.0 Å². The number of benzene rings is 2. The lowest BCUT2D eigenvalue weighted by molar-refractivity contribution is -0.372. The fraction of sp³-hybridized carbons (Fsp3) is 0.286. The molecule has 1 nitrogen and oxygen atoms in total. The van der Waals surface area contributed by atoms with Gasteiger partial charge >= 0.3 is 18.0 Å². The lowest BCUT2D eigenvalue weighted by atomic mass is 9.93. The lowest BCUT2D eigenvalue weighted by Crippen LogP contribution is -2.54. The molecule has 0 amide bonds. The van der Waals surface area contributed by atoms with E-state index in [1.54, 1.807) is 0 Å². The standard InChI is InChI=1S/C14H9F7O/c15-12(16,13(17,18)14(19,20)21)11(22)10-7-3-5-8-4-1-2-6-9(8)10/h1-7,11,22H. The summed E-state index contributed by atoms with van der Waals surface area (Å²) >= 11 is 0. The van der Waals surface area contributed by atoms with Gasteiger partial charge in [-0.15, -0.1) is 0 Å². The third kappa shape index (κ3) is 2.41. The van der Waals surface area contributed by atoms with Crippen LogP contribution in [0.5, 0.6) is 0 Å². The molecule has 0 fully saturated rings. The van der Waals surface area contributed by atoms with Crippen LogP contribution in [0.15, 0.2) is 42.5 Å². The minimum atomic E-state index is -6.48. The maximum atomic E-state index is 13.6. The van der Waals surface area contributed by atoms with Crippen molar-refractivity contribution in [3.8, 4) is 0 Å². The van der Waals surface area contributed by atoms with E-state index >= 15 is 0 Å². The molecule has 2 aromatic carbocycles. The van der Waals surface area contributed by atoms with E-state index in [1.165, 1.54) is 36.4 Å². The van der Waals surface area contributed by atoms with Crippen LogP contribution in [0.2, 0.25) is 0 Å². The van der Waals surface area contributed by atoms with Crippen LogP contribution >= 0.6 is 0 Å². The molecule has 0 aliphatic rings. The van der Waals surface area contributed by atoms with E-state index in [2.05, 4.69) is 0 Å². The quantitative estimate of drug-likeness (QED) is 0.810. The summed E-state index contributed by atoms with van der Waals surface area (Å²) in [7, 11) is 0. The highest BCUT2D eigenvalue weighted by Gasteiger charge is 2.75. The van der Waals surface area contributed by atoms with Gasteiger partial charge in [0.1, 0.15) is 6.10 Å². The second kappa shape index (κ2) is 5.12. The highest BCUT2D eigenvalue weighted by molar-refractivity contribution is 5.86. The van der Waals surface area contributed by atoms with Gasteiger partial charge in [-0.3, -0.25) is 0 Å². The Balaban J connectivity index is 2.56. The van der Waals surface area contributed by atoms with Crippen molar-refractivity contribution in [1.82, 2.24) is 0 Å². The fourth-order valence-electron chi connectivity index (χ4n) is 2.04. The van der Waals surface area contributed by atoms with Crippen LogP contribution in [0.3, 0.4) is 0 Å². The van der Waals surface area contributed by atoms with Crippen LogP contribution in [0.4, 0.5) is 30.7 Å². The Kier molecular flexibility index (Phi) is 3.85. The molecule has 22 heavy (non-hydrogen) atoms. The summed E-state index contributed by atoms with van der Waals surface area (Å²) in [4.78, 5) is 0. The summed E-state index contributed by atoms with van der Waals surface area (Å²) in [6.45, 7) is 0. The average Bonchev–Trinajstić information content (AvgIpc) is 2.44. The number of alkyl halides is 7. The largest absolute Gasteiger partial charge is 0.459 e. The van der Waals surface area contributed by atoms with E-state index in [4.69, 9.17) is 0 Å². The molecule has 2 aromatic rings. The highest BCUT2D eigenvalue weighted by Crippen LogP contribution is 2.52. The lowest BCUT2D eigenvalue weighted by Gasteiger charge is -2.32. The van der Waals surface area contributed by atoms with E-state index in [1.807, 2.05) is 0 Å². The van der Waals surface area contributed by atoms with Crippen molar-refractivity contribution >= 4 is 10.8 Å². The Morgan fingerprint density at radius 1 is 0.773 bits per heavy atom. The SMILES string of the molecule is OC(c1cccc2ccccc12)C(F)(F)C(F)(F)C(F)(F)F. The summed E-state index contributed by atoms with van der Waals surface area (Å²) < 4.78 is 89.7. The number of aliphatic hydroxyl groups is 1. The molecular weight excluding hydrogens is 317 g/mol. The molecular formula is C14H9F7O. The first kappa shape index (κ1) is 16.5. The van der Waals surface area contributed by atoms with Gasteiger partial charge in [-0.2, -0.15) is 30.7 Å². The molecule has 0 saturated heterocycles. The Hall–Kier alpha value is -1.83. The van der Waals surface area contributed by atoms with Gasteiger partial charge in [-0.1, -0.05) is 42.5 Å². The highest BCUT2D eigenvalue weighted by atomic mass is 19.4. The van der Waals surface area contributed by atoms with Crippen LogP contribution in [-0.4, -0.2) is 23.1 Å². The number of aliphatic hydroxyl groups excluding tert-OH is 1. The number of rotatable bonds is 3. The molecule has 0 aliphatic carbocycles. The van der Waals surface area contributed by atoms with Crippen molar-refractivity contribution in [1.29, 1.82) is 0 Å². The Morgan fingerprint density at radius 3 is 1.91 bits per heavy atom. The summed E-state index contributed by atoms with van der Waals surface area (Å²) in [5, 5.41) is 9.81. The van der Waals surface area contributed by atoms with Gasteiger partial charge in [0, 0.05) is 0 Å². The topological polar surface area (TPSA) is 20.2 Å². The molecule has 0 aromatic heterocycles. The number of hydrogen-bond acceptors (Lipinski definition) is 1. The second-order valence-corrected chi connectivity index (χ2v) is 4.67. The number of fused-ring (bicyclic) bond motifs is 1. The Labute approximate surface area is 120 Å². The van der Waals surface area contributed by atoms with Crippen molar-refractivity contribution in [2.75, 3.05) is 0 Å². The normalized spacial score (nSPS) is 15.1. The van der Waals surface area contributed by atoms with E-state index < -0.39 is 29.7 Å². The average molecular weight is 326 g/mol. The minimum absolute atomic E-state index is 0.0323. The van der Waals surface area contributed by atoms with E-state index in [-0.39, 0.29) is 5.39 Å². The first-order valence-electron chi connectivity index (χ1n) is 5.98. The molecule has 0 bridgehead atoms. The smallest absolute Gasteiger partial charge is 0.382 e. The van der Waals surface area contributed by atoms with Crippen molar-refractivity contribution in [2.24, 2.45) is 0 Å². The Morgan fingerprint density at radius 2 is 1.32 bits per heavy atom. The zero-order valence-electron chi connectivity index (χ0n) is 10.7. The van der Waals surface area contributed by atoms with E-state index in [0.717, 1.165) is 6.07 Å². The molecule has 1 atom stereocenters. The van der Waals surface area contributed by atoms with Gasteiger partial charge in [0.2, 0.25) is 0 Å². The Bertz CT molecular complexity index is 673. The molecule has 0 radical (unpaired) electrons. The van der Waals surface area contributed by atoms with Crippen LogP contribution in [0.25, 0.3) is 10.8 Å². The summed E-state index contributed by atoms with van der Waals surface area (Å²) in [5.41, 5.74) is -0.702. The van der Waals surface area contributed by atoms with Crippen molar-refractivity contribution < 1.29 is 35.8 Å². The fourth-order valence-corrected chi connectivity index (χ4v) is 2.04. The van der Waals surface area contributed by atoms with E-state index in [0.29, 0.717) is 5.39 Å². The van der Waals surface area contributed by atoms with Gasteiger partial charge in [0.05, 0.1) is 0 Å².